The number of hydrogen-bond acceptors (Lipinski definition) is 10. The minimum Gasteiger partial charge on any atom is -0.462 e. The first kappa shape index (κ1) is 74.4. The van der Waals surface area contributed by atoms with Crippen LogP contribution in [0.4, 0.5) is 0 Å². The molecule has 0 saturated heterocycles. The van der Waals surface area contributed by atoms with Gasteiger partial charge in [-0.3, -0.25) is 23.4 Å². The molecular weight excluding hydrogens is 1000 g/mol. The first-order valence-electron chi connectivity index (χ1n) is 31.1. The minimum atomic E-state index is -4.77. The summed E-state index contributed by atoms with van der Waals surface area (Å²) in [5.41, 5.74) is 0. The molecule has 0 aromatic heterocycles. The zero-order valence-corrected chi connectivity index (χ0v) is 50.5. The van der Waals surface area contributed by atoms with Crippen molar-refractivity contribution in [3.05, 3.63) is 97.2 Å². The quantitative estimate of drug-likeness (QED) is 0.0197. The summed E-state index contributed by atoms with van der Waals surface area (Å²) in [4.78, 5) is 48.7. The number of unbranched alkanes of at least 4 members (excludes halogenated alkanes) is 24. The number of aliphatic hydroxyl groups is 1. The second-order valence-corrected chi connectivity index (χ2v) is 21.9. The summed E-state index contributed by atoms with van der Waals surface area (Å²) in [5.74, 6) is -1.55. The van der Waals surface area contributed by atoms with Gasteiger partial charge in [-0.25, -0.2) is 4.57 Å². The molecular formula is C66H113O11P. The fourth-order valence-corrected chi connectivity index (χ4v) is 9.07. The van der Waals surface area contributed by atoms with Crippen LogP contribution in [0.1, 0.15) is 265 Å². The molecule has 0 saturated carbocycles. The van der Waals surface area contributed by atoms with E-state index in [9.17, 15) is 28.9 Å². The summed E-state index contributed by atoms with van der Waals surface area (Å²) in [6.07, 6.45) is 70.8. The third-order valence-electron chi connectivity index (χ3n) is 13.0. The Labute approximate surface area is 476 Å². The second kappa shape index (κ2) is 59.5. The molecule has 0 rings (SSSR count). The van der Waals surface area contributed by atoms with E-state index in [1.807, 2.05) is 12.2 Å². The van der Waals surface area contributed by atoms with Crippen molar-refractivity contribution < 1.29 is 52.2 Å². The Hall–Kier alpha value is -3.60. The predicted octanol–water partition coefficient (Wildman–Crippen LogP) is 18.8. The van der Waals surface area contributed by atoms with Crippen molar-refractivity contribution in [2.24, 2.45) is 0 Å². The van der Waals surface area contributed by atoms with E-state index < -0.39 is 57.8 Å². The van der Waals surface area contributed by atoms with Gasteiger partial charge in [0.1, 0.15) is 12.7 Å². The lowest BCUT2D eigenvalue weighted by Crippen LogP contribution is -2.30. The third-order valence-corrected chi connectivity index (χ3v) is 13.9. The lowest BCUT2D eigenvalue weighted by atomic mass is 10.0. The second-order valence-electron chi connectivity index (χ2n) is 20.5. The number of rotatable bonds is 57. The Morgan fingerprint density at radius 2 is 0.679 bits per heavy atom. The zero-order valence-electron chi connectivity index (χ0n) is 49.6. The molecule has 0 aromatic rings. The van der Waals surface area contributed by atoms with Gasteiger partial charge in [0.15, 0.2) is 6.10 Å². The molecule has 3 unspecified atom stereocenters. The lowest BCUT2D eigenvalue weighted by molar-refractivity contribution is -0.161. The normalized spacial score (nSPS) is 14.0. The molecule has 0 aliphatic carbocycles. The van der Waals surface area contributed by atoms with Gasteiger partial charge in [0.05, 0.1) is 19.8 Å². The van der Waals surface area contributed by atoms with Crippen LogP contribution in [-0.2, 0) is 42.2 Å². The molecule has 3 atom stereocenters. The molecule has 0 aromatic carbocycles. The maximum atomic E-state index is 12.9. The molecule has 0 amide bonds. The van der Waals surface area contributed by atoms with E-state index in [1.54, 1.807) is 0 Å². The van der Waals surface area contributed by atoms with Crippen LogP contribution < -0.4 is 0 Å². The molecule has 11 nitrogen and oxygen atoms in total. The van der Waals surface area contributed by atoms with Crippen LogP contribution in [-0.4, -0.2) is 66.5 Å². The number of hydrogen-bond donors (Lipinski definition) is 2. The number of esters is 3. The maximum Gasteiger partial charge on any atom is 0.472 e. The molecule has 0 radical (unpaired) electrons. The Morgan fingerprint density at radius 3 is 1.10 bits per heavy atom. The fraction of sp³-hybridized carbons (Fsp3) is 0.712. The molecule has 2 N–H and O–H groups in total. The summed E-state index contributed by atoms with van der Waals surface area (Å²) >= 11 is 0. The number of carbonyl (C=O) groups is 3. The average Bonchev–Trinajstić information content (AvgIpc) is 3.43. The smallest absolute Gasteiger partial charge is 0.462 e. The van der Waals surface area contributed by atoms with Crippen molar-refractivity contribution in [1.82, 2.24) is 0 Å². The summed E-state index contributed by atoms with van der Waals surface area (Å²) in [6.45, 7) is 4.45. The highest BCUT2D eigenvalue weighted by molar-refractivity contribution is 7.47. The molecule has 448 valence electrons. The number of aliphatic hydroxyl groups excluding tert-OH is 1. The summed E-state index contributed by atoms with van der Waals surface area (Å²) in [7, 11) is -4.77. The van der Waals surface area contributed by atoms with Crippen LogP contribution in [0.25, 0.3) is 0 Å². The van der Waals surface area contributed by atoms with Crippen LogP contribution in [0.15, 0.2) is 97.2 Å². The van der Waals surface area contributed by atoms with Crippen LogP contribution in [0.5, 0.6) is 0 Å². The number of phosphoric ester groups is 1. The SMILES string of the molecule is CC/C=C\C/C=C\C/C=C\C/C=C\C/C=C\CCCC(=O)OC(COC(=O)CCCCCCCC/C=C\C/C=C\C/C=C\CCCCC)COP(=O)(O)OCC(CO)OC(=O)CCCCCCCCCCCCCCCCC. The number of ether oxygens (including phenoxy) is 3. The molecule has 0 bridgehead atoms. The number of phosphoric acid groups is 1. The van der Waals surface area contributed by atoms with Gasteiger partial charge >= 0.3 is 25.7 Å². The van der Waals surface area contributed by atoms with Crippen LogP contribution in [0.2, 0.25) is 0 Å². The van der Waals surface area contributed by atoms with Crippen LogP contribution in [0, 0.1) is 0 Å². The lowest BCUT2D eigenvalue weighted by Gasteiger charge is -2.21. The molecule has 0 aliphatic heterocycles. The van der Waals surface area contributed by atoms with Crippen molar-refractivity contribution in [3.8, 4) is 0 Å². The third kappa shape index (κ3) is 57.1. The monoisotopic (exact) mass is 1110 g/mol. The van der Waals surface area contributed by atoms with Gasteiger partial charge in [0.25, 0.3) is 0 Å². The molecule has 0 heterocycles. The van der Waals surface area contributed by atoms with Gasteiger partial charge in [0.2, 0.25) is 0 Å². The molecule has 0 aliphatic rings. The van der Waals surface area contributed by atoms with Crippen LogP contribution in [0.3, 0.4) is 0 Å². The first-order valence-corrected chi connectivity index (χ1v) is 32.6. The van der Waals surface area contributed by atoms with Crippen molar-refractivity contribution in [2.75, 3.05) is 26.4 Å². The average molecular weight is 1110 g/mol. The molecule has 12 heteroatoms. The van der Waals surface area contributed by atoms with E-state index >= 15 is 0 Å². The van der Waals surface area contributed by atoms with E-state index in [0.29, 0.717) is 25.7 Å². The Balaban J connectivity index is 4.80. The van der Waals surface area contributed by atoms with Crippen LogP contribution >= 0.6 is 7.82 Å². The fourth-order valence-electron chi connectivity index (χ4n) is 8.28. The summed E-state index contributed by atoms with van der Waals surface area (Å²) in [6, 6.07) is 0. The summed E-state index contributed by atoms with van der Waals surface area (Å²) < 4.78 is 39.6. The van der Waals surface area contributed by atoms with E-state index in [1.165, 1.54) is 96.3 Å². The Morgan fingerprint density at radius 1 is 0.372 bits per heavy atom. The highest BCUT2D eigenvalue weighted by Crippen LogP contribution is 2.43. The van der Waals surface area contributed by atoms with E-state index in [4.69, 9.17) is 23.3 Å². The van der Waals surface area contributed by atoms with Gasteiger partial charge in [0, 0.05) is 19.3 Å². The van der Waals surface area contributed by atoms with Gasteiger partial charge in [-0.2, -0.15) is 0 Å². The minimum absolute atomic E-state index is 0.0833. The zero-order chi connectivity index (χ0) is 56.9. The van der Waals surface area contributed by atoms with Crippen molar-refractivity contribution in [3.63, 3.8) is 0 Å². The van der Waals surface area contributed by atoms with Gasteiger partial charge < -0.3 is 24.2 Å². The first-order chi connectivity index (χ1) is 38.2. The largest absolute Gasteiger partial charge is 0.472 e. The van der Waals surface area contributed by atoms with Gasteiger partial charge in [-0.05, 0) is 96.3 Å². The van der Waals surface area contributed by atoms with E-state index in [2.05, 4.69) is 106 Å². The standard InChI is InChI=1S/C66H113O11P/c1-4-7-10-13-16-19-22-25-28-30-31-33-35-37-40-43-46-49-52-55-64(68)73-59-63(77-66(70)57-54-51-48-45-42-39-36-32-29-26-23-20-17-14-11-8-5-2)61-75-78(71,72)74-60-62(58-67)76-65(69)56-53-50-47-44-41-38-34-27-24-21-18-15-12-9-6-3/h8,11,16-17,19-20,25-26,28-29,31,33,36,39,45,48,62-63,67H,4-7,9-10,12-15,18,21-24,27,30,32,34-35,37-38,40-44,46-47,49-61H2,1-3H3,(H,71,72)/b11-8-,19-16-,20-17-,28-25-,29-26-,33-31-,39-36-,48-45-. The molecule has 0 spiro atoms. The topological polar surface area (TPSA) is 155 Å². The van der Waals surface area contributed by atoms with Crippen molar-refractivity contribution >= 4 is 25.7 Å². The number of carbonyl (C=O) groups excluding carboxylic acids is 3. The van der Waals surface area contributed by atoms with Gasteiger partial charge in [-0.15, -0.1) is 0 Å². The maximum absolute atomic E-state index is 12.9. The van der Waals surface area contributed by atoms with Gasteiger partial charge in [-0.1, -0.05) is 246 Å². The predicted molar refractivity (Wildman–Crippen MR) is 325 cm³/mol. The van der Waals surface area contributed by atoms with E-state index in [-0.39, 0.29) is 25.9 Å². The van der Waals surface area contributed by atoms with Crippen molar-refractivity contribution in [1.29, 1.82) is 0 Å². The molecule has 0 fully saturated rings. The Bertz CT molecular complexity index is 1680. The Kier molecular flexibility index (Phi) is 56.8. The molecule has 78 heavy (non-hydrogen) atoms. The summed E-state index contributed by atoms with van der Waals surface area (Å²) in [5, 5.41) is 9.84. The highest BCUT2D eigenvalue weighted by Gasteiger charge is 2.28. The number of allylic oxidation sites excluding steroid dienone is 16. The van der Waals surface area contributed by atoms with Crippen molar-refractivity contribution in [2.45, 2.75) is 277 Å². The highest BCUT2D eigenvalue weighted by atomic mass is 31.2. The van der Waals surface area contributed by atoms with E-state index in [0.717, 1.165) is 103 Å².